The van der Waals surface area contributed by atoms with Crippen molar-refractivity contribution in [2.45, 2.75) is 31.4 Å². The lowest BCUT2D eigenvalue weighted by molar-refractivity contribution is -0.0183. The van der Waals surface area contributed by atoms with Gasteiger partial charge in [0.25, 0.3) is 5.92 Å². The molecule has 78 valence electrons. The van der Waals surface area contributed by atoms with Gasteiger partial charge in [-0.15, -0.1) is 0 Å². The van der Waals surface area contributed by atoms with Crippen LogP contribution in [0.4, 0.5) is 8.78 Å². The second-order valence-corrected chi connectivity index (χ2v) is 3.60. The normalized spacial score (nSPS) is 17.3. The zero-order chi connectivity index (χ0) is 10.0. The Bertz CT molecular complexity index is 282. The van der Waals surface area contributed by atoms with Gasteiger partial charge in [-0.25, -0.2) is 18.4 Å². The third-order valence-electron chi connectivity index (χ3n) is 2.09. The second kappa shape index (κ2) is 3.61. The smallest absolute Gasteiger partial charge is 0.279 e. The van der Waals surface area contributed by atoms with E-state index in [0.29, 0.717) is 6.04 Å². The number of nitrogens with one attached hydrogen (secondary N) is 1. The largest absolute Gasteiger partial charge is 0.308 e. The van der Waals surface area contributed by atoms with Gasteiger partial charge in [-0.1, -0.05) is 0 Å². The van der Waals surface area contributed by atoms with E-state index in [1.54, 1.807) is 0 Å². The molecule has 1 aromatic rings. The van der Waals surface area contributed by atoms with Gasteiger partial charge in [0.05, 0.1) is 6.54 Å². The molecular formula is C8H12F2N4. The van der Waals surface area contributed by atoms with Crippen LogP contribution >= 0.6 is 0 Å². The minimum Gasteiger partial charge on any atom is -0.308 e. The number of hydrogen-bond donors (Lipinski definition) is 1. The lowest BCUT2D eigenvalue weighted by Gasteiger charge is -2.16. The topological polar surface area (TPSA) is 42.7 Å². The molecule has 1 aliphatic carbocycles. The molecule has 4 nitrogen and oxygen atoms in total. The molecule has 0 spiro atoms. The van der Waals surface area contributed by atoms with Crippen LogP contribution in [-0.4, -0.2) is 33.3 Å². The number of halogens is 2. The summed E-state index contributed by atoms with van der Waals surface area (Å²) in [5.74, 6) is -2.75. The van der Waals surface area contributed by atoms with E-state index < -0.39 is 12.5 Å². The minimum absolute atomic E-state index is 0.280. The van der Waals surface area contributed by atoms with Gasteiger partial charge in [-0.2, -0.15) is 5.10 Å². The first kappa shape index (κ1) is 9.51. The highest BCUT2D eigenvalue weighted by Gasteiger charge is 2.32. The number of hydrogen-bond acceptors (Lipinski definition) is 3. The number of rotatable bonds is 5. The molecule has 14 heavy (non-hydrogen) atoms. The third kappa shape index (κ3) is 2.73. The molecule has 0 atom stereocenters. The highest BCUT2D eigenvalue weighted by molar-refractivity contribution is 4.83. The molecule has 0 bridgehead atoms. The van der Waals surface area contributed by atoms with Crippen molar-refractivity contribution in [2.24, 2.45) is 0 Å². The fourth-order valence-corrected chi connectivity index (χ4v) is 1.19. The molecule has 0 aromatic carbocycles. The Morgan fingerprint density at radius 3 is 2.86 bits per heavy atom. The maximum absolute atomic E-state index is 13.2. The molecule has 0 radical (unpaired) electrons. The molecule has 1 heterocycles. The Kier molecular flexibility index (Phi) is 2.45. The minimum atomic E-state index is -2.75. The Hall–Kier alpha value is -1.04. The van der Waals surface area contributed by atoms with Crippen LogP contribution in [0.5, 0.6) is 0 Å². The van der Waals surface area contributed by atoms with Gasteiger partial charge in [-0.05, 0) is 12.8 Å². The van der Waals surface area contributed by atoms with Gasteiger partial charge in [0, 0.05) is 6.04 Å². The number of nitrogens with zero attached hydrogens (tertiary/aromatic N) is 3. The summed E-state index contributed by atoms with van der Waals surface area (Å²) in [5, 5.41) is 6.44. The van der Waals surface area contributed by atoms with E-state index in [1.807, 2.05) is 0 Å². The molecule has 1 saturated carbocycles. The van der Waals surface area contributed by atoms with E-state index in [4.69, 9.17) is 0 Å². The van der Waals surface area contributed by atoms with Gasteiger partial charge in [0.2, 0.25) is 0 Å². The molecule has 0 unspecified atom stereocenters. The van der Waals surface area contributed by atoms with Gasteiger partial charge >= 0.3 is 0 Å². The fraction of sp³-hybridized carbons (Fsp3) is 0.750. The highest BCUT2D eigenvalue weighted by atomic mass is 19.3. The molecule has 6 heteroatoms. The Balaban J connectivity index is 1.81. The average molecular weight is 202 g/mol. The summed E-state index contributed by atoms with van der Waals surface area (Å²) < 4.78 is 27.6. The number of aromatic nitrogens is 3. The van der Waals surface area contributed by atoms with Gasteiger partial charge in [0.1, 0.15) is 19.2 Å². The molecule has 1 aromatic heterocycles. The zero-order valence-electron chi connectivity index (χ0n) is 7.66. The molecule has 0 amide bonds. The van der Waals surface area contributed by atoms with E-state index in [0.717, 1.165) is 17.5 Å². The molecule has 1 N–H and O–H groups in total. The van der Waals surface area contributed by atoms with Gasteiger partial charge in [-0.3, -0.25) is 0 Å². The molecule has 0 saturated heterocycles. The summed E-state index contributed by atoms with van der Waals surface area (Å²) in [6.45, 7) is -0.690. The summed E-state index contributed by atoms with van der Waals surface area (Å²) >= 11 is 0. The van der Waals surface area contributed by atoms with E-state index in [1.165, 1.54) is 12.7 Å². The van der Waals surface area contributed by atoms with Crippen molar-refractivity contribution in [3.05, 3.63) is 12.7 Å². The maximum Gasteiger partial charge on any atom is 0.279 e. The predicted molar refractivity (Wildman–Crippen MR) is 46.0 cm³/mol. The summed E-state index contributed by atoms with van der Waals surface area (Å²) in [6, 6.07) is 0.302. The Labute approximate surface area is 80.3 Å². The van der Waals surface area contributed by atoms with Crippen LogP contribution in [0.25, 0.3) is 0 Å². The predicted octanol–water partition coefficient (Wildman–Crippen LogP) is 0.665. The van der Waals surface area contributed by atoms with Crippen LogP contribution in [0.1, 0.15) is 12.8 Å². The van der Waals surface area contributed by atoms with Crippen molar-refractivity contribution in [1.82, 2.24) is 20.1 Å². The Morgan fingerprint density at radius 1 is 1.50 bits per heavy atom. The van der Waals surface area contributed by atoms with Gasteiger partial charge in [0.15, 0.2) is 0 Å². The summed E-state index contributed by atoms with van der Waals surface area (Å²) in [5.41, 5.74) is 0. The van der Waals surface area contributed by atoms with Crippen molar-refractivity contribution in [3.63, 3.8) is 0 Å². The number of alkyl halides is 2. The summed E-state index contributed by atoms with van der Waals surface area (Å²) in [4.78, 5) is 3.61. The first-order valence-corrected chi connectivity index (χ1v) is 4.59. The van der Waals surface area contributed by atoms with Crippen LogP contribution in [0.15, 0.2) is 12.7 Å². The van der Waals surface area contributed by atoms with E-state index >= 15 is 0 Å². The first-order valence-electron chi connectivity index (χ1n) is 4.59. The van der Waals surface area contributed by atoms with Crippen molar-refractivity contribution in [3.8, 4) is 0 Å². The lowest BCUT2D eigenvalue weighted by atomic mass is 10.3. The van der Waals surface area contributed by atoms with Crippen LogP contribution in [-0.2, 0) is 6.54 Å². The Morgan fingerprint density at radius 2 is 2.29 bits per heavy atom. The molecule has 0 aliphatic heterocycles. The van der Waals surface area contributed by atoms with E-state index in [2.05, 4.69) is 15.4 Å². The van der Waals surface area contributed by atoms with Crippen LogP contribution in [0, 0.1) is 0 Å². The summed E-state index contributed by atoms with van der Waals surface area (Å²) in [6.07, 6.45) is 4.58. The molecule has 1 aliphatic rings. The van der Waals surface area contributed by atoms with Gasteiger partial charge < -0.3 is 5.32 Å². The molecular weight excluding hydrogens is 190 g/mol. The SMILES string of the molecule is FC(F)(CNC1CC1)Cn1cncn1. The van der Waals surface area contributed by atoms with Crippen LogP contribution in [0.2, 0.25) is 0 Å². The zero-order valence-corrected chi connectivity index (χ0v) is 7.66. The lowest BCUT2D eigenvalue weighted by Crippen LogP contribution is -2.37. The third-order valence-corrected chi connectivity index (χ3v) is 2.09. The first-order chi connectivity index (χ1) is 6.66. The standard InChI is InChI=1S/C8H12F2N4/c9-8(10,3-12-7-1-2-7)4-14-6-11-5-13-14/h5-7,12H,1-4H2. The molecule has 2 rings (SSSR count). The average Bonchev–Trinajstić information content (AvgIpc) is 2.82. The van der Waals surface area contributed by atoms with Crippen molar-refractivity contribution >= 4 is 0 Å². The van der Waals surface area contributed by atoms with E-state index in [-0.39, 0.29) is 6.54 Å². The highest BCUT2D eigenvalue weighted by Crippen LogP contribution is 2.21. The molecule has 1 fully saturated rings. The fourth-order valence-electron chi connectivity index (χ4n) is 1.19. The van der Waals surface area contributed by atoms with Crippen molar-refractivity contribution < 1.29 is 8.78 Å². The maximum atomic E-state index is 13.2. The van der Waals surface area contributed by atoms with Crippen LogP contribution in [0.3, 0.4) is 0 Å². The van der Waals surface area contributed by atoms with Crippen LogP contribution < -0.4 is 5.32 Å². The van der Waals surface area contributed by atoms with E-state index in [9.17, 15) is 8.78 Å². The summed E-state index contributed by atoms with van der Waals surface area (Å²) in [7, 11) is 0. The monoisotopic (exact) mass is 202 g/mol. The quantitative estimate of drug-likeness (QED) is 0.763. The van der Waals surface area contributed by atoms with Crippen molar-refractivity contribution in [2.75, 3.05) is 6.54 Å². The second-order valence-electron chi connectivity index (χ2n) is 3.60. The van der Waals surface area contributed by atoms with Crippen molar-refractivity contribution in [1.29, 1.82) is 0 Å².